The Balaban J connectivity index is 1.35. The van der Waals surface area contributed by atoms with Crippen LogP contribution in [0.3, 0.4) is 0 Å². The first-order valence-electron chi connectivity index (χ1n) is 11.1. The molecule has 0 spiro atoms. The van der Waals surface area contributed by atoms with E-state index in [-0.39, 0.29) is 12.0 Å². The quantitative estimate of drug-likeness (QED) is 0.407. The Morgan fingerprint density at radius 1 is 1.06 bits per heavy atom. The fourth-order valence-corrected chi connectivity index (χ4v) is 5.03. The third-order valence-electron chi connectivity index (χ3n) is 6.43. The first-order valence-corrected chi connectivity index (χ1v) is 11.9. The highest BCUT2D eigenvalue weighted by Crippen LogP contribution is 2.44. The number of allylic oxidation sites excluding steroid dienone is 3. The molecule has 4 aromatic rings. The van der Waals surface area contributed by atoms with Crippen LogP contribution in [0.25, 0.3) is 11.6 Å². The van der Waals surface area contributed by atoms with Gasteiger partial charge in [0.1, 0.15) is 6.10 Å². The van der Waals surface area contributed by atoms with Gasteiger partial charge in [-0.2, -0.15) is 0 Å². The van der Waals surface area contributed by atoms with Crippen molar-refractivity contribution in [2.24, 2.45) is 5.92 Å². The molecule has 9 heteroatoms. The molecule has 0 saturated heterocycles. The lowest BCUT2D eigenvalue weighted by Crippen LogP contribution is -2.26. The van der Waals surface area contributed by atoms with E-state index in [0.29, 0.717) is 28.1 Å². The molecular formula is C26H20Cl2N6O. The molecule has 3 unspecified atom stereocenters. The number of halogens is 2. The van der Waals surface area contributed by atoms with Gasteiger partial charge in [0, 0.05) is 22.5 Å². The maximum absolute atomic E-state index is 11.4. The van der Waals surface area contributed by atoms with E-state index < -0.39 is 6.10 Å². The molecule has 3 heterocycles. The summed E-state index contributed by atoms with van der Waals surface area (Å²) in [6.45, 7) is 0.578. The molecule has 6 rings (SSSR count). The van der Waals surface area contributed by atoms with Crippen LogP contribution in [-0.2, 0) is 6.54 Å². The second-order valence-corrected chi connectivity index (χ2v) is 9.48. The van der Waals surface area contributed by atoms with Crippen LogP contribution in [0.5, 0.6) is 0 Å². The van der Waals surface area contributed by atoms with Crippen molar-refractivity contribution in [1.29, 1.82) is 0 Å². The van der Waals surface area contributed by atoms with Gasteiger partial charge < -0.3 is 9.67 Å². The summed E-state index contributed by atoms with van der Waals surface area (Å²) in [7, 11) is 0. The zero-order valence-corrected chi connectivity index (χ0v) is 19.9. The molecule has 0 bridgehead atoms. The number of aliphatic hydroxyl groups is 1. The second kappa shape index (κ2) is 8.92. The van der Waals surface area contributed by atoms with Crippen LogP contribution in [0.2, 0.25) is 10.0 Å². The van der Waals surface area contributed by atoms with Gasteiger partial charge in [-0.05, 0) is 63.0 Å². The minimum Gasteiger partial charge on any atom is -0.382 e. The van der Waals surface area contributed by atoms with E-state index in [0.717, 1.165) is 22.3 Å². The molecule has 7 nitrogen and oxygen atoms in total. The topological polar surface area (TPSA) is 81.7 Å². The van der Waals surface area contributed by atoms with Crippen molar-refractivity contribution in [2.45, 2.75) is 18.7 Å². The Morgan fingerprint density at radius 2 is 1.91 bits per heavy atom. The highest BCUT2D eigenvalue weighted by molar-refractivity contribution is 6.31. The van der Waals surface area contributed by atoms with Crippen molar-refractivity contribution in [3.8, 4) is 0 Å². The number of nitrogens with zero attached hydrogens (tertiary/aromatic N) is 6. The number of benzene rings is 2. The van der Waals surface area contributed by atoms with Gasteiger partial charge in [0.15, 0.2) is 5.82 Å². The molecule has 2 aromatic carbocycles. The average Bonchev–Trinajstić information content (AvgIpc) is 3.54. The fourth-order valence-electron chi connectivity index (χ4n) is 4.72. The van der Waals surface area contributed by atoms with E-state index in [1.807, 2.05) is 71.3 Å². The van der Waals surface area contributed by atoms with Gasteiger partial charge in [0.2, 0.25) is 0 Å². The van der Waals surface area contributed by atoms with E-state index in [1.165, 1.54) is 0 Å². The van der Waals surface area contributed by atoms with Crippen molar-refractivity contribution in [1.82, 2.24) is 29.8 Å². The number of aromatic nitrogens is 6. The van der Waals surface area contributed by atoms with Crippen LogP contribution < -0.4 is 0 Å². The van der Waals surface area contributed by atoms with Crippen molar-refractivity contribution in [3.05, 3.63) is 118 Å². The number of imidazole rings is 1. The van der Waals surface area contributed by atoms with Crippen LogP contribution in [0.15, 0.2) is 84.9 Å². The summed E-state index contributed by atoms with van der Waals surface area (Å²) >= 11 is 12.3. The summed E-state index contributed by atoms with van der Waals surface area (Å²) in [5.41, 5.74) is 4.60. The predicted molar refractivity (Wildman–Crippen MR) is 135 cm³/mol. The third kappa shape index (κ3) is 4.12. The number of aliphatic hydroxyl groups excluding tert-OH is 1. The largest absolute Gasteiger partial charge is 0.382 e. The van der Waals surface area contributed by atoms with Crippen LogP contribution >= 0.6 is 23.2 Å². The van der Waals surface area contributed by atoms with E-state index in [2.05, 4.69) is 26.6 Å². The molecule has 0 fully saturated rings. The summed E-state index contributed by atoms with van der Waals surface area (Å²) in [5, 5.41) is 25.0. The van der Waals surface area contributed by atoms with Crippen molar-refractivity contribution in [3.63, 3.8) is 0 Å². The molecule has 1 aliphatic heterocycles. The Hall–Kier alpha value is -3.52. The highest BCUT2D eigenvalue weighted by Gasteiger charge is 2.34. The average molecular weight is 503 g/mol. The molecule has 0 saturated carbocycles. The van der Waals surface area contributed by atoms with Gasteiger partial charge in [0.05, 0.1) is 24.3 Å². The minimum absolute atomic E-state index is 0.0771. The van der Waals surface area contributed by atoms with Crippen LogP contribution in [0.4, 0.5) is 0 Å². The van der Waals surface area contributed by atoms with Crippen LogP contribution in [0.1, 0.15) is 34.8 Å². The lowest BCUT2D eigenvalue weighted by atomic mass is 9.79. The molecule has 2 aliphatic rings. The Bertz CT molecular complexity index is 1480. The van der Waals surface area contributed by atoms with Crippen LogP contribution in [0, 0.1) is 5.92 Å². The number of tetrazole rings is 1. The summed E-state index contributed by atoms with van der Waals surface area (Å²) in [6.07, 6.45) is 10.6. The predicted octanol–water partition coefficient (Wildman–Crippen LogP) is 5.17. The van der Waals surface area contributed by atoms with Gasteiger partial charge in [-0.3, -0.25) is 0 Å². The lowest BCUT2D eigenvalue weighted by Gasteiger charge is -2.33. The zero-order valence-electron chi connectivity index (χ0n) is 18.4. The van der Waals surface area contributed by atoms with E-state index in [1.54, 1.807) is 17.2 Å². The Morgan fingerprint density at radius 3 is 2.74 bits per heavy atom. The summed E-state index contributed by atoms with van der Waals surface area (Å²) in [4.78, 5) is 4.30. The number of rotatable bonds is 5. The molecule has 0 amide bonds. The fraction of sp³-hybridized carbons (Fsp3) is 0.154. The molecule has 2 aromatic heterocycles. The van der Waals surface area contributed by atoms with Crippen molar-refractivity contribution < 1.29 is 5.11 Å². The minimum atomic E-state index is -0.849. The van der Waals surface area contributed by atoms with Gasteiger partial charge in [-0.15, -0.1) is 5.10 Å². The van der Waals surface area contributed by atoms with Crippen LogP contribution in [-0.4, -0.2) is 34.9 Å². The maximum Gasteiger partial charge on any atom is 0.175 e. The summed E-state index contributed by atoms with van der Waals surface area (Å²) < 4.78 is 3.75. The standard InChI is InChI=1S/C26H20Cl2N6O/c27-19-7-4-16(5-8-19)14-33-15-29-13-24(33)26(35)18-6-9-23-22(11-18)21(12-25-30-31-32-34(23)25)17-2-1-3-20(28)10-17/h1-13,15,22-23,26,35H,14H2. The maximum atomic E-state index is 11.4. The molecule has 35 heavy (non-hydrogen) atoms. The summed E-state index contributed by atoms with van der Waals surface area (Å²) in [6, 6.07) is 15.3. The molecule has 3 atom stereocenters. The van der Waals surface area contributed by atoms with Crippen molar-refractivity contribution in [2.75, 3.05) is 0 Å². The second-order valence-electron chi connectivity index (χ2n) is 8.61. The molecular weight excluding hydrogens is 483 g/mol. The van der Waals surface area contributed by atoms with Gasteiger partial charge in [0.25, 0.3) is 0 Å². The molecule has 1 N–H and O–H groups in total. The number of fused-ring (bicyclic) bond motifs is 3. The Kier molecular flexibility index (Phi) is 5.60. The first-order chi connectivity index (χ1) is 17.1. The monoisotopic (exact) mass is 502 g/mol. The summed E-state index contributed by atoms with van der Waals surface area (Å²) in [5.74, 6) is 0.607. The Labute approximate surface area is 211 Å². The van der Waals surface area contributed by atoms with E-state index >= 15 is 0 Å². The first kappa shape index (κ1) is 22.0. The molecule has 0 radical (unpaired) electrons. The van der Waals surface area contributed by atoms with E-state index in [4.69, 9.17) is 23.2 Å². The normalized spacial score (nSPS) is 19.5. The lowest BCUT2D eigenvalue weighted by molar-refractivity contribution is 0.208. The van der Waals surface area contributed by atoms with E-state index in [9.17, 15) is 5.11 Å². The zero-order chi connectivity index (χ0) is 23.9. The van der Waals surface area contributed by atoms with Crippen molar-refractivity contribution >= 4 is 34.9 Å². The number of hydrogen-bond acceptors (Lipinski definition) is 5. The van der Waals surface area contributed by atoms with Gasteiger partial charge in [-0.25, -0.2) is 9.67 Å². The third-order valence-corrected chi connectivity index (χ3v) is 6.92. The molecule has 174 valence electrons. The smallest absolute Gasteiger partial charge is 0.175 e. The van der Waals surface area contributed by atoms with Gasteiger partial charge >= 0.3 is 0 Å². The number of hydrogen-bond donors (Lipinski definition) is 1. The highest BCUT2D eigenvalue weighted by atomic mass is 35.5. The molecule has 1 aliphatic carbocycles. The van der Waals surface area contributed by atoms with Gasteiger partial charge in [-0.1, -0.05) is 65.7 Å². The SMILES string of the molecule is OC(C1=CC2C(c3cccc(Cl)c3)=Cc3nnnn3C2C=C1)c1cncn1Cc1ccc(Cl)cc1.